The number of hydrogen-bond acceptors (Lipinski definition) is 4. The predicted octanol–water partition coefficient (Wildman–Crippen LogP) is 7.09. The number of hydrogen-bond donors (Lipinski definition) is 2. The SMILES string of the molecule is N=C(N=C(Nn1c2ccccc2c2c1nnc1c3ccccc3n(-c3cccnc3)c12)c1ccccc1)c1ccccc1. The molecule has 0 amide bonds. The van der Waals surface area contributed by atoms with Crippen LogP contribution in [0.5, 0.6) is 0 Å². The van der Waals surface area contributed by atoms with E-state index in [9.17, 15) is 0 Å². The fraction of sp³-hybridized carbons (Fsp3) is 0. The van der Waals surface area contributed by atoms with E-state index < -0.39 is 0 Å². The van der Waals surface area contributed by atoms with Crippen LogP contribution in [0.4, 0.5) is 0 Å². The molecule has 0 unspecified atom stereocenters. The van der Waals surface area contributed by atoms with Gasteiger partial charge >= 0.3 is 0 Å². The maximum absolute atomic E-state index is 8.78. The molecule has 0 fully saturated rings. The molecule has 2 N–H and O–H groups in total. The van der Waals surface area contributed by atoms with Gasteiger partial charge in [0.05, 0.1) is 33.8 Å². The number of nitrogens with one attached hydrogen (secondary N) is 2. The highest BCUT2D eigenvalue weighted by Gasteiger charge is 2.23. The highest BCUT2D eigenvalue weighted by molar-refractivity contribution is 6.24. The zero-order valence-electron chi connectivity index (χ0n) is 22.9. The van der Waals surface area contributed by atoms with Crippen molar-refractivity contribution < 1.29 is 0 Å². The quantitative estimate of drug-likeness (QED) is 0.179. The minimum Gasteiger partial charge on any atom is -0.305 e. The van der Waals surface area contributed by atoms with Gasteiger partial charge in [-0.3, -0.25) is 15.8 Å². The molecule has 8 rings (SSSR count). The lowest BCUT2D eigenvalue weighted by Crippen LogP contribution is -2.25. The third kappa shape index (κ3) is 4.04. The normalized spacial score (nSPS) is 12.0. The lowest BCUT2D eigenvalue weighted by Gasteiger charge is -2.14. The fourth-order valence-electron chi connectivity index (χ4n) is 5.70. The average Bonchev–Trinajstić information content (AvgIpc) is 3.58. The number of amidine groups is 2. The molecule has 0 aliphatic heterocycles. The van der Waals surface area contributed by atoms with E-state index in [-0.39, 0.29) is 5.84 Å². The van der Waals surface area contributed by atoms with Gasteiger partial charge in [0.25, 0.3) is 0 Å². The molecule has 0 aliphatic rings. The predicted molar refractivity (Wildman–Crippen MR) is 173 cm³/mol. The van der Waals surface area contributed by atoms with Crippen LogP contribution in [-0.2, 0) is 0 Å². The second-order valence-electron chi connectivity index (χ2n) is 10.2. The minimum atomic E-state index is 0.151. The molecule has 0 bridgehead atoms. The second-order valence-corrected chi connectivity index (χ2v) is 10.2. The van der Waals surface area contributed by atoms with Crippen LogP contribution >= 0.6 is 0 Å². The Labute approximate surface area is 246 Å². The van der Waals surface area contributed by atoms with E-state index in [1.54, 1.807) is 6.20 Å². The number of aromatic nitrogens is 5. The first-order valence-electron chi connectivity index (χ1n) is 13.9. The van der Waals surface area contributed by atoms with Crippen LogP contribution < -0.4 is 5.43 Å². The third-order valence-corrected chi connectivity index (χ3v) is 7.62. The Morgan fingerprint density at radius 3 is 2.09 bits per heavy atom. The Balaban J connectivity index is 1.42. The van der Waals surface area contributed by atoms with Gasteiger partial charge in [-0.25, -0.2) is 9.67 Å². The Bertz CT molecular complexity index is 2320. The van der Waals surface area contributed by atoms with E-state index in [2.05, 4.69) is 45.3 Å². The number of rotatable bonds is 4. The van der Waals surface area contributed by atoms with E-state index in [4.69, 9.17) is 20.6 Å². The van der Waals surface area contributed by atoms with Crippen molar-refractivity contribution in [3.05, 3.63) is 145 Å². The van der Waals surface area contributed by atoms with Crippen LogP contribution in [0.15, 0.2) is 139 Å². The molecule has 0 spiro atoms. The molecule has 0 saturated carbocycles. The second kappa shape index (κ2) is 10.0. The molecule has 0 atom stereocenters. The van der Waals surface area contributed by atoms with Crippen molar-refractivity contribution >= 4 is 55.5 Å². The van der Waals surface area contributed by atoms with Crippen molar-refractivity contribution in [2.45, 2.75) is 0 Å². The summed E-state index contributed by atoms with van der Waals surface area (Å²) in [7, 11) is 0. The van der Waals surface area contributed by atoms with E-state index in [0.717, 1.165) is 55.0 Å². The van der Waals surface area contributed by atoms with Gasteiger partial charge in [0, 0.05) is 28.1 Å². The van der Waals surface area contributed by atoms with Crippen molar-refractivity contribution in [3.8, 4) is 5.69 Å². The molecular weight excluding hydrogens is 532 g/mol. The molecule has 8 heteroatoms. The summed E-state index contributed by atoms with van der Waals surface area (Å²) in [6, 6.07) is 39.8. The van der Waals surface area contributed by atoms with Crippen LogP contribution in [0.25, 0.3) is 49.6 Å². The summed E-state index contributed by atoms with van der Waals surface area (Å²) >= 11 is 0. The van der Waals surface area contributed by atoms with E-state index >= 15 is 0 Å². The summed E-state index contributed by atoms with van der Waals surface area (Å²) in [5, 5.41) is 21.4. The van der Waals surface area contributed by atoms with Gasteiger partial charge < -0.3 is 4.57 Å². The number of pyridine rings is 1. The largest absolute Gasteiger partial charge is 0.305 e. The lowest BCUT2D eigenvalue weighted by molar-refractivity contribution is 1.000. The molecule has 8 aromatic rings. The van der Waals surface area contributed by atoms with E-state index in [1.165, 1.54) is 0 Å². The zero-order chi connectivity index (χ0) is 28.8. The fourth-order valence-corrected chi connectivity index (χ4v) is 5.70. The molecule has 0 aliphatic carbocycles. The van der Waals surface area contributed by atoms with Gasteiger partial charge in [0.2, 0.25) is 0 Å². The summed E-state index contributed by atoms with van der Waals surface area (Å²) in [4.78, 5) is 9.19. The first-order chi connectivity index (χ1) is 21.3. The zero-order valence-corrected chi connectivity index (χ0v) is 22.9. The Kier molecular flexibility index (Phi) is 5.75. The standard InChI is InChI=1S/C35H24N8/c36-33(23-12-3-1-4-13-23)38-34(24-14-5-2-6-15-24)41-43-29-20-10-7-17-26(29)30-32-31(39-40-35(30)43)27-18-8-9-19-28(27)42(32)25-16-11-21-37-22-25/h1-22H,(H2,36,38,41). The van der Waals surface area contributed by atoms with Crippen molar-refractivity contribution in [1.82, 2.24) is 24.4 Å². The maximum Gasteiger partial charge on any atom is 0.184 e. The molecule has 8 nitrogen and oxygen atoms in total. The van der Waals surface area contributed by atoms with Crippen molar-refractivity contribution in [2.75, 3.05) is 5.43 Å². The van der Waals surface area contributed by atoms with Gasteiger partial charge in [-0.05, 0) is 24.3 Å². The maximum atomic E-state index is 8.78. The molecule has 204 valence electrons. The Morgan fingerprint density at radius 1 is 0.674 bits per heavy atom. The van der Waals surface area contributed by atoms with Gasteiger partial charge in [-0.1, -0.05) is 97.1 Å². The number of aliphatic imine (C=N–C) groups is 1. The molecule has 0 radical (unpaired) electrons. The smallest absolute Gasteiger partial charge is 0.184 e. The summed E-state index contributed by atoms with van der Waals surface area (Å²) in [5.74, 6) is 0.671. The van der Waals surface area contributed by atoms with Gasteiger partial charge in [-0.15, -0.1) is 10.2 Å². The summed E-state index contributed by atoms with van der Waals surface area (Å²) in [5.41, 5.74) is 10.4. The summed E-state index contributed by atoms with van der Waals surface area (Å²) < 4.78 is 4.13. The van der Waals surface area contributed by atoms with Crippen LogP contribution in [0.1, 0.15) is 11.1 Å². The lowest BCUT2D eigenvalue weighted by atomic mass is 10.1. The van der Waals surface area contributed by atoms with Gasteiger partial charge in [-0.2, -0.15) is 0 Å². The molecule has 4 heterocycles. The minimum absolute atomic E-state index is 0.151. The Morgan fingerprint density at radius 2 is 1.35 bits per heavy atom. The highest BCUT2D eigenvalue weighted by Crippen LogP contribution is 2.38. The van der Waals surface area contributed by atoms with E-state index in [1.807, 2.05) is 102 Å². The summed E-state index contributed by atoms with van der Waals surface area (Å²) in [6.45, 7) is 0. The van der Waals surface area contributed by atoms with E-state index in [0.29, 0.717) is 11.5 Å². The van der Waals surface area contributed by atoms with Crippen molar-refractivity contribution in [2.24, 2.45) is 4.99 Å². The van der Waals surface area contributed by atoms with Crippen LogP contribution in [0.3, 0.4) is 0 Å². The van der Waals surface area contributed by atoms with Crippen LogP contribution in [0.2, 0.25) is 0 Å². The first kappa shape index (κ1) is 24.6. The van der Waals surface area contributed by atoms with Crippen LogP contribution in [0, 0.1) is 5.41 Å². The van der Waals surface area contributed by atoms with Gasteiger partial charge in [0.15, 0.2) is 17.3 Å². The molecule has 43 heavy (non-hydrogen) atoms. The number of nitrogens with zero attached hydrogens (tertiary/aromatic N) is 6. The average molecular weight is 557 g/mol. The number of fused-ring (bicyclic) bond motifs is 7. The number of para-hydroxylation sites is 2. The summed E-state index contributed by atoms with van der Waals surface area (Å²) in [6.07, 6.45) is 3.64. The number of benzene rings is 4. The molecule has 0 saturated heterocycles. The molecule has 4 aromatic heterocycles. The topological polar surface area (TPSA) is 96.8 Å². The highest BCUT2D eigenvalue weighted by atomic mass is 15.5. The molecule has 4 aromatic carbocycles. The Hall–Kier alpha value is -6.15. The van der Waals surface area contributed by atoms with Crippen LogP contribution in [-0.4, -0.2) is 36.1 Å². The molecular formula is C35H24N8. The van der Waals surface area contributed by atoms with Gasteiger partial charge in [0.1, 0.15) is 5.52 Å². The first-order valence-corrected chi connectivity index (χ1v) is 13.9. The van der Waals surface area contributed by atoms with Crippen molar-refractivity contribution in [3.63, 3.8) is 0 Å². The van der Waals surface area contributed by atoms with Crippen molar-refractivity contribution in [1.29, 1.82) is 5.41 Å². The third-order valence-electron chi connectivity index (χ3n) is 7.62. The monoisotopic (exact) mass is 556 g/mol.